The predicted molar refractivity (Wildman–Crippen MR) is 68.2 cm³/mol. The van der Waals surface area contributed by atoms with Gasteiger partial charge in [-0.05, 0) is 28.9 Å². The number of ether oxygens (including phenoxy) is 1. The monoisotopic (exact) mass is 301 g/mol. The second-order valence-electron chi connectivity index (χ2n) is 2.94. The van der Waals surface area contributed by atoms with Crippen molar-refractivity contribution in [2.24, 2.45) is 0 Å². The Morgan fingerprint density at radius 1 is 1.81 bits per heavy atom. The van der Waals surface area contributed by atoms with E-state index < -0.39 is 6.04 Å². The molecule has 0 radical (unpaired) electrons. The van der Waals surface area contributed by atoms with Crippen LogP contribution in [0.25, 0.3) is 0 Å². The molecule has 1 atom stereocenters. The fourth-order valence-electron chi connectivity index (χ4n) is 1.17. The van der Waals surface area contributed by atoms with Gasteiger partial charge >= 0.3 is 5.97 Å². The zero-order valence-corrected chi connectivity index (χ0v) is 11.2. The maximum absolute atomic E-state index is 11.7. The van der Waals surface area contributed by atoms with Gasteiger partial charge in [-0.3, -0.25) is 5.32 Å². The molecule has 0 aliphatic heterocycles. The molecule has 3 nitrogen and oxygen atoms in total. The van der Waals surface area contributed by atoms with Crippen molar-refractivity contribution in [3.63, 3.8) is 0 Å². The molecule has 1 aromatic rings. The van der Waals surface area contributed by atoms with E-state index in [4.69, 9.17) is 11.2 Å². The van der Waals surface area contributed by atoms with Gasteiger partial charge in [0.2, 0.25) is 0 Å². The van der Waals surface area contributed by atoms with Crippen molar-refractivity contribution in [3.8, 4) is 12.3 Å². The van der Waals surface area contributed by atoms with E-state index in [0.29, 0.717) is 13.2 Å². The van der Waals surface area contributed by atoms with Gasteiger partial charge in [0.05, 0.1) is 13.2 Å². The number of terminal acetylenes is 1. The Morgan fingerprint density at radius 3 is 3.06 bits per heavy atom. The first-order valence-corrected chi connectivity index (χ1v) is 6.43. The summed E-state index contributed by atoms with van der Waals surface area (Å²) in [6, 6.07) is 1.41. The predicted octanol–water partition coefficient (Wildman–Crippen LogP) is 2.34. The highest BCUT2D eigenvalue weighted by Crippen LogP contribution is 2.26. The normalized spacial score (nSPS) is 11.8. The third-order valence-electron chi connectivity index (χ3n) is 1.80. The van der Waals surface area contributed by atoms with E-state index in [1.54, 1.807) is 6.92 Å². The standard InChI is InChI=1S/C11H12BrNO2S/c1-3-5-13-10(11(14)15-4-2)9-6-8(12)7-16-9/h1,6-7,10,13H,4-5H2,2H3. The first-order chi connectivity index (χ1) is 7.69. The summed E-state index contributed by atoms with van der Waals surface area (Å²) in [6.07, 6.45) is 5.16. The molecule has 86 valence electrons. The summed E-state index contributed by atoms with van der Waals surface area (Å²) < 4.78 is 5.93. The minimum atomic E-state index is -0.479. The number of hydrogen-bond acceptors (Lipinski definition) is 4. The lowest BCUT2D eigenvalue weighted by atomic mass is 10.2. The zero-order valence-electron chi connectivity index (χ0n) is 8.83. The Labute approximate surface area is 107 Å². The zero-order chi connectivity index (χ0) is 12.0. The molecule has 16 heavy (non-hydrogen) atoms. The Bertz CT molecular complexity index is 397. The molecule has 1 aromatic heterocycles. The molecule has 0 bridgehead atoms. The van der Waals surface area contributed by atoms with E-state index >= 15 is 0 Å². The summed E-state index contributed by atoms with van der Waals surface area (Å²) in [6.45, 7) is 2.47. The highest BCUT2D eigenvalue weighted by Gasteiger charge is 2.22. The molecule has 0 fully saturated rings. The molecule has 0 aromatic carbocycles. The molecule has 1 N–H and O–H groups in total. The molecule has 5 heteroatoms. The lowest BCUT2D eigenvalue weighted by Gasteiger charge is -2.13. The Kier molecular flexibility index (Phi) is 5.53. The highest BCUT2D eigenvalue weighted by atomic mass is 79.9. The van der Waals surface area contributed by atoms with Gasteiger partial charge in [-0.15, -0.1) is 17.8 Å². The average molecular weight is 302 g/mol. The maximum atomic E-state index is 11.7. The number of esters is 1. The SMILES string of the molecule is C#CCNC(C(=O)OCC)c1cc(Br)cs1. The molecule has 1 rings (SSSR count). The number of hydrogen-bond donors (Lipinski definition) is 1. The second kappa shape index (κ2) is 6.69. The minimum Gasteiger partial charge on any atom is -0.465 e. The molecule has 0 aliphatic carbocycles. The number of halogens is 1. The van der Waals surface area contributed by atoms with Crippen molar-refractivity contribution in [2.75, 3.05) is 13.2 Å². The Balaban J connectivity index is 2.79. The summed E-state index contributed by atoms with van der Waals surface area (Å²) in [4.78, 5) is 12.6. The van der Waals surface area contributed by atoms with Crippen LogP contribution in [0.4, 0.5) is 0 Å². The second-order valence-corrected chi connectivity index (χ2v) is 4.80. The molecule has 0 saturated heterocycles. The third kappa shape index (κ3) is 3.63. The van der Waals surface area contributed by atoms with Gasteiger partial charge in [0.25, 0.3) is 0 Å². The quantitative estimate of drug-likeness (QED) is 0.670. The number of nitrogens with one attached hydrogen (secondary N) is 1. The smallest absolute Gasteiger partial charge is 0.328 e. The van der Waals surface area contributed by atoms with Crippen molar-refractivity contribution < 1.29 is 9.53 Å². The van der Waals surface area contributed by atoms with Crippen LogP contribution in [0, 0.1) is 12.3 Å². The summed E-state index contributed by atoms with van der Waals surface area (Å²) in [5.41, 5.74) is 0. The van der Waals surface area contributed by atoms with Crippen LogP contribution in [0.1, 0.15) is 17.8 Å². The van der Waals surface area contributed by atoms with Crippen LogP contribution in [0.5, 0.6) is 0 Å². The number of rotatable bonds is 5. The van der Waals surface area contributed by atoms with Gasteiger partial charge in [-0.25, -0.2) is 4.79 Å². The maximum Gasteiger partial charge on any atom is 0.328 e. The first kappa shape index (κ1) is 13.2. The van der Waals surface area contributed by atoms with E-state index in [2.05, 4.69) is 27.2 Å². The van der Waals surface area contributed by atoms with Crippen LogP contribution in [-0.2, 0) is 9.53 Å². The fourth-order valence-corrected chi connectivity index (χ4v) is 2.67. The molecule has 1 unspecified atom stereocenters. The van der Waals surface area contributed by atoms with E-state index in [0.717, 1.165) is 9.35 Å². The fraction of sp³-hybridized carbons (Fsp3) is 0.364. The van der Waals surface area contributed by atoms with Crippen molar-refractivity contribution in [1.29, 1.82) is 0 Å². The van der Waals surface area contributed by atoms with Crippen LogP contribution in [-0.4, -0.2) is 19.1 Å². The molecule has 0 amide bonds. The lowest BCUT2D eigenvalue weighted by molar-refractivity contribution is -0.145. The number of thiophene rings is 1. The molecular weight excluding hydrogens is 290 g/mol. The van der Waals surface area contributed by atoms with Gasteiger partial charge in [-0.1, -0.05) is 5.92 Å². The first-order valence-electron chi connectivity index (χ1n) is 4.76. The van der Waals surface area contributed by atoms with Crippen molar-refractivity contribution in [2.45, 2.75) is 13.0 Å². The van der Waals surface area contributed by atoms with Crippen molar-refractivity contribution >= 4 is 33.2 Å². The van der Waals surface area contributed by atoms with E-state index in [1.807, 2.05) is 11.4 Å². The summed E-state index contributed by atoms with van der Waals surface area (Å²) in [5, 5.41) is 4.88. The number of carbonyl (C=O) groups excluding carboxylic acids is 1. The van der Waals surface area contributed by atoms with Crippen LogP contribution in [0.3, 0.4) is 0 Å². The number of carbonyl (C=O) groups is 1. The third-order valence-corrected chi connectivity index (χ3v) is 3.56. The van der Waals surface area contributed by atoms with Crippen LogP contribution in [0.2, 0.25) is 0 Å². The molecule has 0 aliphatic rings. The summed E-state index contributed by atoms with van der Waals surface area (Å²) in [7, 11) is 0. The van der Waals surface area contributed by atoms with E-state index in [1.165, 1.54) is 11.3 Å². The molecule has 0 saturated carbocycles. The van der Waals surface area contributed by atoms with Gasteiger partial charge < -0.3 is 4.74 Å². The van der Waals surface area contributed by atoms with Gasteiger partial charge in [0.1, 0.15) is 6.04 Å². The van der Waals surface area contributed by atoms with Crippen LogP contribution < -0.4 is 5.32 Å². The largest absolute Gasteiger partial charge is 0.465 e. The highest BCUT2D eigenvalue weighted by molar-refractivity contribution is 9.10. The topological polar surface area (TPSA) is 38.3 Å². The summed E-state index contributed by atoms with van der Waals surface area (Å²) >= 11 is 4.83. The van der Waals surface area contributed by atoms with Gasteiger partial charge in [0, 0.05) is 14.7 Å². The molecule has 0 spiro atoms. The van der Waals surface area contributed by atoms with Gasteiger partial charge in [0.15, 0.2) is 0 Å². The Morgan fingerprint density at radius 2 is 2.56 bits per heavy atom. The molecule has 1 heterocycles. The van der Waals surface area contributed by atoms with Crippen LogP contribution in [0.15, 0.2) is 15.9 Å². The minimum absolute atomic E-state index is 0.299. The van der Waals surface area contributed by atoms with E-state index in [-0.39, 0.29) is 5.97 Å². The Hall–Kier alpha value is -0.830. The lowest BCUT2D eigenvalue weighted by Crippen LogP contribution is -2.29. The van der Waals surface area contributed by atoms with Gasteiger partial charge in [-0.2, -0.15) is 0 Å². The van der Waals surface area contributed by atoms with Crippen molar-refractivity contribution in [3.05, 3.63) is 20.8 Å². The average Bonchev–Trinajstić information content (AvgIpc) is 2.66. The van der Waals surface area contributed by atoms with Crippen LogP contribution >= 0.6 is 27.3 Å². The summed E-state index contributed by atoms with van der Waals surface area (Å²) in [5.74, 6) is 2.15. The van der Waals surface area contributed by atoms with Crippen molar-refractivity contribution in [1.82, 2.24) is 5.32 Å². The molecular formula is C11H12BrNO2S. The van der Waals surface area contributed by atoms with E-state index in [9.17, 15) is 4.79 Å².